The van der Waals surface area contributed by atoms with Gasteiger partial charge in [-0.1, -0.05) is 0 Å². The lowest BCUT2D eigenvalue weighted by atomic mass is 9.93. The molecular weight excluding hydrogens is 258 g/mol. The molecule has 20 heavy (non-hydrogen) atoms. The van der Waals surface area contributed by atoms with E-state index in [9.17, 15) is 19.2 Å². The molecular formula is C15H21NO4. The summed E-state index contributed by atoms with van der Waals surface area (Å²) >= 11 is 0. The lowest BCUT2D eigenvalue weighted by Gasteiger charge is -2.13. The van der Waals surface area contributed by atoms with Gasteiger partial charge in [0.2, 0.25) is 0 Å². The largest absolute Gasteiger partial charge is 0.383 e. The molecule has 2 aliphatic rings. The summed E-state index contributed by atoms with van der Waals surface area (Å²) in [5.41, 5.74) is 0.367. The second-order valence-corrected chi connectivity index (χ2v) is 5.31. The Balaban J connectivity index is 0.000000217. The lowest BCUT2D eigenvalue weighted by molar-refractivity contribution is -0.129. The molecule has 0 aromatic carbocycles. The third-order valence-electron chi connectivity index (χ3n) is 3.10. The number of nitrogens with zero attached hydrogens (tertiary/aromatic N) is 1. The minimum Gasteiger partial charge on any atom is -0.383 e. The summed E-state index contributed by atoms with van der Waals surface area (Å²) in [6, 6.07) is 0. The Bertz CT molecular complexity index is 417. The molecule has 110 valence electrons. The van der Waals surface area contributed by atoms with E-state index in [0.717, 1.165) is 6.42 Å². The Hall–Kier alpha value is -1.78. The summed E-state index contributed by atoms with van der Waals surface area (Å²) < 4.78 is 0. The van der Waals surface area contributed by atoms with Crippen molar-refractivity contribution in [3.8, 4) is 0 Å². The fourth-order valence-corrected chi connectivity index (χ4v) is 2.12. The van der Waals surface area contributed by atoms with Crippen molar-refractivity contribution in [1.82, 2.24) is 4.90 Å². The molecule has 2 rings (SSSR count). The quantitative estimate of drug-likeness (QED) is 0.413. The molecule has 0 N–H and O–H groups in total. The summed E-state index contributed by atoms with van der Waals surface area (Å²) in [7, 11) is 3.62. The second kappa shape index (κ2) is 7.72. The first-order valence-corrected chi connectivity index (χ1v) is 6.88. The van der Waals surface area contributed by atoms with Crippen molar-refractivity contribution in [3.63, 3.8) is 0 Å². The van der Waals surface area contributed by atoms with E-state index in [1.807, 2.05) is 14.1 Å². The second-order valence-electron chi connectivity index (χ2n) is 5.31. The van der Waals surface area contributed by atoms with Crippen LogP contribution in [0.25, 0.3) is 0 Å². The van der Waals surface area contributed by atoms with E-state index in [-0.39, 0.29) is 29.6 Å². The molecule has 2 aliphatic carbocycles. The summed E-state index contributed by atoms with van der Waals surface area (Å²) in [6.07, 6.45) is 5.57. The van der Waals surface area contributed by atoms with Gasteiger partial charge in [0.25, 0.3) is 0 Å². The predicted molar refractivity (Wildman–Crippen MR) is 74.1 cm³/mol. The van der Waals surface area contributed by atoms with Crippen LogP contribution in [0.5, 0.6) is 0 Å². The van der Waals surface area contributed by atoms with Crippen LogP contribution in [0.4, 0.5) is 0 Å². The average Bonchev–Trinajstić information content (AvgIpc) is 2.34. The molecule has 5 heteroatoms. The normalized spacial score (nSPS) is 19.4. The highest BCUT2D eigenvalue weighted by Gasteiger charge is 2.22. The Morgan fingerprint density at radius 3 is 1.60 bits per heavy atom. The number of ketones is 4. The van der Waals surface area contributed by atoms with E-state index in [4.69, 9.17) is 0 Å². The van der Waals surface area contributed by atoms with Gasteiger partial charge in [-0.05, 0) is 12.8 Å². The number of allylic oxidation sites excluding steroid dienone is 1. The summed E-state index contributed by atoms with van der Waals surface area (Å²) in [5.74, 6) is 0.197. The number of rotatable bonds is 1. The molecule has 0 amide bonds. The van der Waals surface area contributed by atoms with E-state index in [0.29, 0.717) is 37.7 Å². The van der Waals surface area contributed by atoms with Crippen molar-refractivity contribution in [2.45, 2.75) is 44.9 Å². The number of Topliss-reactive ketones (excluding diaryl/α,β-unsaturated/α-hetero) is 4. The molecule has 0 aromatic rings. The van der Waals surface area contributed by atoms with Gasteiger partial charge in [-0.3, -0.25) is 19.2 Å². The molecule has 0 saturated heterocycles. The molecule has 0 spiro atoms. The lowest BCUT2D eigenvalue weighted by Crippen LogP contribution is -2.21. The number of hydrogen-bond donors (Lipinski definition) is 0. The number of carbonyl (C=O) groups excluding carboxylic acids is 4. The standard InChI is InChI=1S/C9H13NO2.C6H8O2/c1-10(2)6-7-8(11)4-3-5-9(7)12;7-5-2-1-3-6(8)4-5/h6H,3-5H2,1-2H3;1-4H2. The topological polar surface area (TPSA) is 71.5 Å². The van der Waals surface area contributed by atoms with Gasteiger partial charge in [0.1, 0.15) is 11.6 Å². The third-order valence-corrected chi connectivity index (χ3v) is 3.10. The Kier molecular flexibility index (Phi) is 6.28. The maximum Gasteiger partial charge on any atom is 0.167 e. The zero-order chi connectivity index (χ0) is 15.1. The minimum atomic E-state index is -0.0139. The summed E-state index contributed by atoms with van der Waals surface area (Å²) in [4.78, 5) is 45.1. The SMILES string of the molecule is CN(C)C=C1C(=O)CCCC1=O.O=C1CCCC(=O)C1. The van der Waals surface area contributed by atoms with Gasteiger partial charge < -0.3 is 4.90 Å². The molecule has 0 aliphatic heterocycles. The first-order valence-electron chi connectivity index (χ1n) is 6.88. The van der Waals surface area contributed by atoms with E-state index >= 15 is 0 Å². The van der Waals surface area contributed by atoms with Gasteiger partial charge in [0, 0.05) is 46.0 Å². The number of carbonyl (C=O) groups is 4. The molecule has 0 unspecified atom stereocenters. The Morgan fingerprint density at radius 1 is 0.800 bits per heavy atom. The minimum absolute atomic E-state index is 0.0139. The van der Waals surface area contributed by atoms with Crippen LogP contribution in [0.3, 0.4) is 0 Å². The van der Waals surface area contributed by atoms with Crippen molar-refractivity contribution in [1.29, 1.82) is 0 Å². The highest BCUT2D eigenvalue weighted by Crippen LogP contribution is 2.16. The maximum absolute atomic E-state index is 11.2. The predicted octanol–water partition coefficient (Wildman–Crippen LogP) is 1.45. The van der Waals surface area contributed by atoms with Crippen LogP contribution in [-0.4, -0.2) is 42.1 Å². The Labute approximate surface area is 119 Å². The summed E-state index contributed by atoms with van der Waals surface area (Å²) in [6.45, 7) is 0. The first-order chi connectivity index (χ1) is 9.40. The van der Waals surface area contributed by atoms with Crippen LogP contribution in [-0.2, 0) is 19.2 Å². The molecule has 2 fully saturated rings. The van der Waals surface area contributed by atoms with Gasteiger partial charge in [0.05, 0.1) is 12.0 Å². The zero-order valence-electron chi connectivity index (χ0n) is 12.1. The molecule has 0 heterocycles. The van der Waals surface area contributed by atoms with Gasteiger partial charge in [-0.25, -0.2) is 0 Å². The molecule has 0 radical (unpaired) electrons. The fourth-order valence-electron chi connectivity index (χ4n) is 2.12. The highest BCUT2D eigenvalue weighted by atomic mass is 16.2. The van der Waals surface area contributed by atoms with Crippen LogP contribution in [0, 0.1) is 0 Å². The van der Waals surface area contributed by atoms with Crippen LogP contribution in [0.15, 0.2) is 11.8 Å². The van der Waals surface area contributed by atoms with Crippen molar-refractivity contribution in [2.24, 2.45) is 0 Å². The average molecular weight is 279 g/mol. The van der Waals surface area contributed by atoms with Gasteiger partial charge in [-0.15, -0.1) is 0 Å². The molecule has 0 atom stereocenters. The van der Waals surface area contributed by atoms with Gasteiger partial charge in [0.15, 0.2) is 11.6 Å². The smallest absolute Gasteiger partial charge is 0.167 e. The van der Waals surface area contributed by atoms with Crippen molar-refractivity contribution in [2.75, 3.05) is 14.1 Å². The molecule has 0 aromatic heterocycles. The third kappa shape index (κ3) is 5.47. The summed E-state index contributed by atoms with van der Waals surface area (Å²) in [5, 5.41) is 0. The van der Waals surface area contributed by atoms with Crippen molar-refractivity contribution in [3.05, 3.63) is 11.8 Å². The van der Waals surface area contributed by atoms with Crippen LogP contribution in [0.1, 0.15) is 44.9 Å². The van der Waals surface area contributed by atoms with Gasteiger partial charge >= 0.3 is 0 Å². The van der Waals surface area contributed by atoms with Crippen molar-refractivity contribution < 1.29 is 19.2 Å². The Morgan fingerprint density at radius 2 is 1.25 bits per heavy atom. The zero-order valence-corrected chi connectivity index (χ0v) is 12.1. The molecule has 0 bridgehead atoms. The van der Waals surface area contributed by atoms with E-state index in [1.54, 1.807) is 11.1 Å². The fraction of sp³-hybridized carbons (Fsp3) is 0.600. The van der Waals surface area contributed by atoms with Gasteiger partial charge in [-0.2, -0.15) is 0 Å². The van der Waals surface area contributed by atoms with Crippen LogP contribution >= 0.6 is 0 Å². The van der Waals surface area contributed by atoms with Crippen LogP contribution < -0.4 is 0 Å². The maximum atomic E-state index is 11.2. The van der Waals surface area contributed by atoms with E-state index in [2.05, 4.69) is 0 Å². The highest BCUT2D eigenvalue weighted by molar-refractivity contribution is 6.21. The molecule has 5 nitrogen and oxygen atoms in total. The molecule has 2 saturated carbocycles. The van der Waals surface area contributed by atoms with Crippen LogP contribution in [0.2, 0.25) is 0 Å². The van der Waals surface area contributed by atoms with E-state index in [1.165, 1.54) is 0 Å². The number of hydrogen-bond acceptors (Lipinski definition) is 5. The van der Waals surface area contributed by atoms with Crippen molar-refractivity contribution >= 4 is 23.1 Å². The monoisotopic (exact) mass is 279 g/mol. The first kappa shape index (κ1) is 16.3. The van der Waals surface area contributed by atoms with E-state index < -0.39 is 0 Å².